The second-order valence-corrected chi connectivity index (χ2v) is 6.28. The molecule has 1 heterocycles. The molecule has 2 atom stereocenters. The molecule has 2 unspecified atom stereocenters. The summed E-state index contributed by atoms with van der Waals surface area (Å²) >= 11 is 1.86. The van der Waals surface area contributed by atoms with Gasteiger partial charge in [-0.1, -0.05) is 18.2 Å². The average molecular weight is 280 g/mol. The van der Waals surface area contributed by atoms with Crippen LogP contribution >= 0.6 is 11.8 Å². The van der Waals surface area contributed by atoms with Gasteiger partial charge in [0.15, 0.2) is 0 Å². The first-order valence-electron chi connectivity index (χ1n) is 6.99. The molecule has 106 valence electrons. The Labute approximate surface area is 120 Å². The van der Waals surface area contributed by atoms with Crippen molar-refractivity contribution in [1.82, 2.24) is 5.01 Å². The van der Waals surface area contributed by atoms with Gasteiger partial charge in [0.1, 0.15) is 0 Å². The zero-order chi connectivity index (χ0) is 13.7. The number of hydrogen-bond acceptors (Lipinski definition) is 4. The minimum atomic E-state index is 0.440. The fourth-order valence-electron chi connectivity index (χ4n) is 2.61. The van der Waals surface area contributed by atoms with Crippen LogP contribution in [0.2, 0.25) is 0 Å². The highest BCUT2D eigenvalue weighted by Gasteiger charge is 2.25. The third-order valence-corrected chi connectivity index (χ3v) is 4.71. The highest BCUT2D eigenvalue weighted by molar-refractivity contribution is 7.99. The molecule has 2 rings (SSSR count). The Morgan fingerprint density at radius 2 is 2.47 bits per heavy atom. The quantitative estimate of drug-likeness (QED) is 0.699. The van der Waals surface area contributed by atoms with E-state index < -0.39 is 0 Å². The number of ether oxygens (including phenoxy) is 1. The zero-order valence-electron chi connectivity index (χ0n) is 12.1. The maximum absolute atomic E-state index is 5.31. The number of hydrazone groups is 1. The summed E-state index contributed by atoms with van der Waals surface area (Å²) in [4.78, 5) is 0. The second-order valence-electron chi connectivity index (χ2n) is 5.10. The molecule has 3 nitrogen and oxygen atoms in total. The van der Waals surface area contributed by atoms with Crippen LogP contribution < -0.4 is 0 Å². The molecule has 0 radical (unpaired) electrons. The molecule has 1 saturated heterocycles. The molecule has 0 aromatic heterocycles. The van der Waals surface area contributed by atoms with Crippen molar-refractivity contribution in [1.29, 1.82) is 0 Å². The van der Waals surface area contributed by atoms with Gasteiger partial charge in [-0.15, -0.1) is 0 Å². The third-order valence-electron chi connectivity index (χ3n) is 3.78. The van der Waals surface area contributed by atoms with Crippen molar-refractivity contribution in [2.75, 3.05) is 26.5 Å². The van der Waals surface area contributed by atoms with E-state index in [4.69, 9.17) is 9.84 Å². The van der Waals surface area contributed by atoms with E-state index in [1.165, 1.54) is 24.1 Å². The molecular weight excluding hydrogens is 256 g/mol. The highest BCUT2D eigenvalue weighted by atomic mass is 32.2. The molecule has 1 aliphatic carbocycles. The maximum Gasteiger partial charge on any atom is 0.0767 e. The summed E-state index contributed by atoms with van der Waals surface area (Å²) in [7, 11) is 1.77. The van der Waals surface area contributed by atoms with Crippen molar-refractivity contribution in [2.24, 2.45) is 5.10 Å². The summed E-state index contributed by atoms with van der Waals surface area (Å²) in [6.07, 6.45) is 12.1. The van der Waals surface area contributed by atoms with E-state index in [0.717, 1.165) is 19.6 Å². The number of nitrogens with zero attached hydrogens (tertiary/aromatic N) is 2. The summed E-state index contributed by atoms with van der Waals surface area (Å²) in [5.41, 5.74) is 2.60. The van der Waals surface area contributed by atoms with Crippen LogP contribution in [0.4, 0.5) is 0 Å². The van der Waals surface area contributed by atoms with Gasteiger partial charge < -0.3 is 4.74 Å². The summed E-state index contributed by atoms with van der Waals surface area (Å²) in [5.74, 6) is 0. The Morgan fingerprint density at radius 3 is 3.11 bits per heavy atom. The second kappa shape index (κ2) is 7.15. The van der Waals surface area contributed by atoms with Gasteiger partial charge in [-0.2, -0.15) is 16.9 Å². The predicted octanol–water partition coefficient (Wildman–Crippen LogP) is 3.09. The number of thioether (sulfide) groups is 1. The van der Waals surface area contributed by atoms with Crippen LogP contribution in [0.25, 0.3) is 0 Å². The molecule has 1 aliphatic heterocycles. The number of hydrogen-bond donors (Lipinski definition) is 0. The van der Waals surface area contributed by atoms with Crippen molar-refractivity contribution in [2.45, 2.75) is 37.5 Å². The van der Waals surface area contributed by atoms with Crippen molar-refractivity contribution < 1.29 is 4.74 Å². The summed E-state index contributed by atoms with van der Waals surface area (Å²) in [6, 6.07) is 0.448. The summed E-state index contributed by atoms with van der Waals surface area (Å²) in [6.45, 7) is 4.07. The SMILES string of the molecule is COCC1CCCN1/N=C(\C1=CC=CC1)C(C)SC. The first kappa shape index (κ1) is 14.7. The number of rotatable bonds is 6. The van der Waals surface area contributed by atoms with Crippen LogP contribution in [0.5, 0.6) is 0 Å². The molecule has 0 amide bonds. The van der Waals surface area contributed by atoms with Gasteiger partial charge >= 0.3 is 0 Å². The van der Waals surface area contributed by atoms with E-state index in [1.807, 2.05) is 11.8 Å². The lowest BCUT2D eigenvalue weighted by atomic mass is 10.1. The van der Waals surface area contributed by atoms with Crippen molar-refractivity contribution >= 4 is 17.5 Å². The fraction of sp³-hybridized carbons (Fsp3) is 0.667. The number of methoxy groups -OCH3 is 1. The van der Waals surface area contributed by atoms with Crippen molar-refractivity contribution in [3.8, 4) is 0 Å². The molecule has 0 spiro atoms. The van der Waals surface area contributed by atoms with Gasteiger partial charge in [0.05, 0.1) is 18.4 Å². The van der Waals surface area contributed by atoms with E-state index in [-0.39, 0.29) is 0 Å². The van der Waals surface area contributed by atoms with Crippen LogP contribution in [-0.2, 0) is 4.74 Å². The van der Waals surface area contributed by atoms with E-state index in [1.54, 1.807) is 7.11 Å². The molecule has 19 heavy (non-hydrogen) atoms. The van der Waals surface area contributed by atoms with Crippen LogP contribution in [0.3, 0.4) is 0 Å². The van der Waals surface area contributed by atoms with Crippen LogP contribution in [0, 0.1) is 0 Å². The lowest BCUT2D eigenvalue weighted by molar-refractivity contribution is 0.118. The minimum Gasteiger partial charge on any atom is -0.382 e. The standard InChI is InChI=1S/C15H24N2OS/c1-12(19-3)15(13-7-4-5-8-13)16-17-10-6-9-14(17)11-18-2/h4-5,7,12,14H,6,8-11H2,1-3H3/b16-15-. The van der Waals surface area contributed by atoms with Crippen molar-refractivity contribution in [3.05, 3.63) is 23.8 Å². The Morgan fingerprint density at radius 1 is 1.63 bits per heavy atom. The molecule has 0 bridgehead atoms. The Balaban J connectivity index is 2.14. The normalized spacial score (nSPS) is 25.0. The van der Waals surface area contributed by atoms with Gasteiger partial charge in [0.2, 0.25) is 0 Å². The smallest absolute Gasteiger partial charge is 0.0767 e. The molecule has 0 saturated carbocycles. The third kappa shape index (κ3) is 3.63. The van der Waals surface area contributed by atoms with E-state index in [9.17, 15) is 0 Å². The maximum atomic E-state index is 5.31. The molecule has 0 aromatic rings. The molecule has 0 aromatic carbocycles. The molecule has 1 fully saturated rings. The van der Waals surface area contributed by atoms with Crippen LogP contribution in [-0.4, -0.2) is 48.5 Å². The van der Waals surface area contributed by atoms with E-state index in [2.05, 4.69) is 36.4 Å². The topological polar surface area (TPSA) is 24.8 Å². The Bertz CT molecular complexity index is 390. The van der Waals surface area contributed by atoms with Crippen molar-refractivity contribution in [3.63, 3.8) is 0 Å². The van der Waals surface area contributed by atoms with Crippen LogP contribution in [0.1, 0.15) is 26.2 Å². The minimum absolute atomic E-state index is 0.440. The monoisotopic (exact) mass is 280 g/mol. The lowest BCUT2D eigenvalue weighted by Crippen LogP contribution is -2.31. The van der Waals surface area contributed by atoms with Gasteiger partial charge in [0.25, 0.3) is 0 Å². The van der Waals surface area contributed by atoms with Gasteiger partial charge in [-0.05, 0) is 38.0 Å². The summed E-state index contributed by atoms with van der Waals surface area (Å²) in [5, 5.41) is 7.65. The first-order chi connectivity index (χ1) is 9.26. The van der Waals surface area contributed by atoms with Crippen LogP contribution in [0.15, 0.2) is 28.9 Å². The Kier molecular flexibility index (Phi) is 5.52. The summed E-state index contributed by atoms with van der Waals surface area (Å²) < 4.78 is 5.31. The first-order valence-corrected chi connectivity index (χ1v) is 8.28. The van der Waals surface area contributed by atoms with Gasteiger partial charge in [-0.25, -0.2) is 0 Å². The molecule has 0 N–H and O–H groups in total. The number of allylic oxidation sites excluding steroid dienone is 4. The highest BCUT2D eigenvalue weighted by Crippen LogP contribution is 2.24. The zero-order valence-corrected chi connectivity index (χ0v) is 12.9. The fourth-order valence-corrected chi connectivity index (χ4v) is 3.03. The Hall–Kier alpha value is -0.740. The predicted molar refractivity (Wildman–Crippen MR) is 83.9 cm³/mol. The van der Waals surface area contributed by atoms with E-state index >= 15 is 0 Å². The van der Waals surface area contributed by atoms with Gasteiger partial charge in [-0.3, -0.25) is 5.01 Å². The largest absolute Gasteiger partial charge is 0.382 e. The average Bonchev–Trinajstić information content (AvgIpc) is 3.07. The lowest BCUT2D eigenvalue weighted by Gasteiger charge is -2.24. The van der Waals surface area contributed by atoms with E-state index in [0.29, 0.717) is 11.3 Å². The molecular formula is C15H24N2OS. The molecule has 4 heteroatoms. The van der Waals surface area contributed by atoms with Gasteiger partial charge in [0, 0.05) is 18.9 Å². The molecule has 2 aliphatic rings.